The molecule has 0 aromatic heterocycles. The molecule has 1 saturated heterocycles. The molecule has 6 heteroatoms. The van der Waals surface area contributed by atoms with Crippen LogP contribution in [0.25, 0.3) is 0 Å². The van der Waals surface area contributed by atoms with Crippen molar-refractivity contribution >= 4 is 17.6 Å². The average Bonchev–Trinajstić information content (AvgIpc) is 2.68. The van der Waals surface area contributed by atoms with Crippen LogP contribution < -0.4 is 10.6 Å². The number of urea groups is 1. The van der Waals surface area contributed by atoms with Crippen molar-refractivity contribution in [1.29, 1.82) is 0 Å². The number of carbonyl (C=O) groups excluding carboxylic acids is 2. The van der Waals surface area contributed by atoms with Crippen LogP contribution in [0.15, 0.2) is 48.5 Å². The molecular formula is C21H24FN3O2. The average molecular weight is 369 g/mol. The molecule has 0 saturated carbocycles. The van der Waals surface area contributed by atoms with Crippen LogP contribution in [0.4, 0.5) is 14.9 Å². The number of halogens is 1. The molecule has 2 N–H and O–H groups in total. The lowest BCUT2D eigenvalue weighted by Gasteiger charge is -2.33. The number of nitrogens with one attached hydrogen (secondary N) is 2. The fourth-order valence-corrected chi connectivity index (χ4v) is 3.40. The SMILES string of the molecule is CCNC(=O)N1CCCC(c2cccc(C(=O)Nc3cccc(F)c3)c2)C1. The number of rotatable bonds is 4. The van der Waals surface area contributed by atoms with E-state index in [1.165, 1.54) is 12.1 Å². The van der Waals surface area contributed by atoms with E-state index in [0.29, 0.717) is 24.3 Å². The van der Waals surface area contributed by atoms with Gasteiger partial charge in [0.1, 0.15) is 5.82 Å². The maximum Gasteiger partial charge on any atom is 0.317 e. The first kappa shape index (κ1) is 18.9. The molecule has 1 aliphatic heterocycles. The van der Waals surface area contributed by atoms with Gasteiger partial charge >= 0.3 is 6.03 Å². The Labute approximate surface area is 158 Å². The normalized spacial score (nSPS) is 16.7. The Hall–Kier alpha value is -2.89. The molecule has 0 bridgehead atoms. The summed E-state index contributed by atoms with van der Waals surface area (Å²) in [5.74, 6) is -0.476. The minimum absolute atomic E-state index is 0.0396. The van der Waals surface area contributed by atoms with Gasteiger partial charge in [-0.2, -0.15) is 0 Å². The molecule has 0 aliphatic carbocycles. The Morgan fingerprint density at radius 3 is 2.78 bits per heavy atom. The van der Waals surface area contributed by atoms with E-state index in [2.05, 4.69) is 10.6 Å². The molecule has 1 heterocycles. The molecule has 1 aliphatic rings. The number of carbonyl (C=O) groups is 2. The van der Waals surface area contributed by atoms with Crippen molar-refractivity contribution in [1.82, 2.24) is 10.2 Å². The molecule has 5 nitrogen and oxygen atoms in total. The fourth-order valence-electron chi connectivity index (χ4n) is 3.40. The summed E-state index contributed by atoms with van der Waals surface area (Å²) in [5, 5.41) is 5.56. The van der Waals surface area contributed by atoms with E-state index < -0.39 is 5.82 Å². The zero-order chi connectivity index (χ0) is 19.2. The lowest BCUT2D eigenvalue weighted by Crippen LogP contribution is -2.44. The smallest absolute Gasteiger partial charge is 0.317 e. The first-order valence-electron chi connectivity index (χ1n) is 9.26. The van der Waals surface area contributed by atoms with E-state index in [1.807, 2.05) is 30.0 Å². The van der Waals surface area contributed by atoms with E-state index >= 15 is 0 Å². The summed E-state index contributed by atoms with van der Waals surface area (Å²) in [5.41, 5.74) is 1.98. The molecule has 27 heavy (non-hydrogen) atoms. The van der Waals surface area contributed by atoms with E-state index in [-0.39, 0.29) is 17.9 Å². The van der Waals surface area contributed by atoms with E-state index in [0.717, 1.165) is 24.9 Å². The third-order valence-electron chi connectivity index (χ3n) is 4.74. The fraction of sp³-hybridized carbons (Fsp3) is 0.333. The van der Waals surface area contributed by atoms with Gasteiger partial charge in [-0.25, -0.2) is 9.18 Å². The van der Waals surface area contributed by atoms with Gasteiger partial charge in [-0.1, -0.05) is 18.2 Å². The highest BCUT2D eigenvalue weighted by Gasteiger charge is 2.24. The Morgan fingerprint density at radius 1 is 1.19 bits per heavy atom. The van der Waals surface area contributed by atoms with Crippen LogP contribution in [-0.4, -0.2) is 36.5 Å². The van der Waals surface area contributed by atoms with E-state index in [4.69, 9.17) is 0 Å². The second kappa shape index (κ2) is 8.66. The molecule has 142 valence electrons. The number of likely N-dealkylation sites (tertiary alicyclic amines) is 1. The topological polar surface area (TPSA) is 61.4 Å². The maximum absolute atomic E-state index is 13.3. The molecule has 1 atom stereocenters. The number of piperidine rings is 1. The molecule has 0 radical (unpaired) electrons. The van der Waals surface area contributed by atoms with Gasteiger partial charge in [0.2, 0.25) is 0 Å². The van der Waals surface area contributed by atoms with Gasteiger partial charge in [0, 0.05) is 36.8 Å². The number of benzene rings is 2. The highest BCUT2D eigenvalue weighted by atomic mass is 19.1. The number of anilines is 1. The molecular weight excluding hydrogens is 345 g/mol. The van der Waals surface area contributed by atoms with Crippen LogP contribution >= 0.6 is 0 Å². The van der Waals surface area contributed by atoms with Gasteiger partial charge in [-0.3, -0.25) is 4.79 Å². The Kier molecular flexibility index (Phi) is 6.06. The van der Waals surface area contributed by atoms with Crippen molar-refractivity contribution in [2.45, 2.75) is 25.7 Å². The largest absolute Gasteiger partial charge is 0.338 e. The molecule has 1 unspecified atom stereocenters. The van der Waals surface area contributed by atoms with Gasteiger partial charge < -0.3 is 15.5 Å². The second-order valence-corrected chi connectivity index (χ2v) is 6.71. The predicted octanol–water partition coefficient (Wildman–Crippen LogP) is 3.99. The van der Waals surface area contributed by atoms with Crippen molar-refractivity contribution in [2.75, 3.05) is 25.0 Å². The predicted molar refractivity (Wildman–Crippen MR) is 103 cm³/mol. The summed E-state index contributed by atoms with van der Waals surface area (Å²) in [4.78, 5) is 26.4. The van der Waals surface area contributed by atoms with Gasteiger partial charge in [0.15, 0.2) is 0 Å². The lowest BCUT2D eigenvalue weighted by molar-refractivity contribution is 0.102. The van der Waals surface area contributed by atoms with Crippen LogP contribution in [0.2, 0.25) is 0 Å². The standard InChI is InChI=1S/C21H24FN3O2/c1-2-23-21(27)25-11-5-8-17(14-25)15-6-3-7-16(12-15)20(26)24-19-10-4-9-18(22)13-19/h3-4,6-7,9-10,12-13,17H,2,5,8,11,14H2,1H3,(H,23,27)(H,24,26). The molecule has 3 rings (SSSR count). The van der Waals surface area contributed by atoms with Gasteiger partial charge in [-0.15, -0.1) is 0 Å². The van der Waals surface area contributed by atoms with Crippen molar-refractivity contribution in [3.63, 3.8) is 0 Å². The molecule has 2 aromatic rings. The molecule has 3 amide bonds. The highest BCUT2D eigenvalue weighted by Crippen LogP contribution is 2.27. The van der Waals surface area contributed by atoms with Crippen molar-refractivity contribution in [3.8, 4) is 0 Å². The van der Waals surface area contributed by atoms with Crippen LogP contribution in [-0.2, 0) is 0 Å². The first-order chi connectivity index (χ1) is 13.1. The lowest BCUT2D eigenvalue weighted by atomic mass is 9.89. The van der Waals surface area contributed by atoms with Gasteiger partial charge in [-0.05, 0) is 55.7 Å². The minimum atomic E-state index is -0.394. The van der Waals surface area contributed by atoms with E-state index in [9.17, 15) is 14.0 Å². The second-order valence-electron chi connectivity index (χ2n) is 6.71. The van der Waals surface area contributed by atoms with Crippen molar-refractivity contribution < 1.29 is 14.0 Å². The summed E-state index contributed by atoms with van der Waals surface area (Å²) in [6.45, 7) is 3.90. The summed E-state index contributed by atoms with van der Waals surface area (Å²) in [6, 6.07) is 13.2. The van der Waals surface area contributed by atoms with Crippen molar-refractivity contribution in [3.05, 3.63) is 65.5 Å². The summed E-state index contributed by atoms with van der Waals surface area (Å²) >= 11 is 0. The number of hydrogen-bond donors (Lipinski definition) is 2. The molecule has 1 fully saturated rings. The van der Waals surface area contributed by atoms with E-state index in [1.54, 1.807) is 18.2 Å². The van der Waals surface area contributed by atoms with Gasteiger partial charge in [0.05, 0.1) is 0 Å². The highest BCUT2D eigenvalue weighted by molar-refractivity contribution is 6.04. The van der Waals surface area contributed by atoms with Crippen LogP contribution in [0, 0.1) is 5.82 Å². The maximum atomic E-state index is 13.3. The quantitative estimate of drug-likeness (QED) is 0.856. The summed E-state index contributed by atoms with van der Waals surface area (Å²) < 4.78 is 13.3. The monoisotopic (exact) mass is 369 g/mol. The number of hydrogen-bond acceptors (Lipinski definition) is 2. The Morgan fingerprint density at radius 2 is 2.00 bits per heavy atom. The third kappa shape index (κ3) is 4.84. The Balaban J connectivity index is 1.71. The molecule has 2 aromatic carbocycles. The summed E-state index contributed by atoms with van der Waals surface area (Å²) in [6.07, 6.45) is 1.91. The van der Waals surface area contributed by atoms with Crippen molar-refractivity contribution in [2.24, 2.45) is 0 Å². The number of nitrogens with zero attached hydrogens (tertiary/aromatic N) is 1. The Bertz CT molecular complexity index is 825. The molecule has 0 spiro atoms. The zero-order valence-electron chi connectivity index (χ0n) is 15.4. The summed E-state index contributed by atoms with van der Waals surface area (Å²) in [7, 11) is 0. The third-order valence-corrected chi connectivity index (χ3v) is 4.74. The van der Waals surface area contributed by atoms with Gasteiger partial charge in [0.25, 0.3) is 5.91 Å². The van der Waals surface area contributed by atoms with Crippen LogP contribution in [0.1, 0.15) is 41.6 Å². The zero-order valence-corrected chi connectivity index (χ0v) is 15.4. The minimum Gasteiger partial charge on any atom is -0.338 e. The first-order valence-corrected chi connectivity index (χ1v) is 9.26. The van der Waals surface area contributed by atoms with Crippen LogP contribution in [0.3, 0.4) is 0 Å². The van der Waals surface area contributed by atoms with Crippen LogP contribution in [0.5, 0.6) is 0 Å². The number of amides is 3.